The summed E-state index contributed by atoms with van der Waals surface area (Å²) in [5, 5.41) is 2.11. The first-order valence-electron chi connectivity index (χ1n) is 6.20. The van der Waals surface area contributed by atoms with Gasteiger partial charge in [-0.15, -0.1) is 0 Å². The maximum Gasteiger partial charge on any atom is 0.346 e. The van der Waals surface area contributed by atoms with Crippen LogP contribution in [0.4, 0.5) is 0 Å². The molecule has 0 aliphatic heterocycles. The Morgan fingerprint density at radius 3 is 2.74 bits per heavy atom. The van der Waals surface area contributed by atoms with Crippen LogP contribution in [-0.2, 0) is 6.54 Å². The number of aromatic nitrogens is 2. The molecule has 0 saturated heterocycles. The first kappa shape index (κ1) is 12.1. The molecule has 0 saturated carbocycles. The van der Waals surface area contributed by atoms with E-state index in [0.717, 1.165) is 16.2 Å². The van der Waals surface area contributed by atoms with Gasteiger partial charge in [-0.1, -0.05) is 41.7 Å². The van der Waals surface area contributed by atoms with Gasteiger partial charge in [0.15, 0.2) is 6.54 Å². The largest absolute Gasteiger partial charge is 0.346 e. The van der Waals surface area contributed by atoms with Gasteiger partial charge in [-0.25, -0.2) is 4.57 Å². The molecule has 4 heteroatoms. The maximum atomic E-state index is 12.3. The van der Waals surface area contributed by atoms with Crippen LogP contribution in [0.3, 0.4) is 0 Å². The molecule has 0 spiro atoms. The summed E-state index contributed by atoms with van der Waals surface area (Å²) in [5.74, 6) is 0.146. The quantitative estimate of drug-likeness (QED) is 0.531. The monoisotopic (exact) mass is 271 g/mol. The molecule has 0 fully saturated rings. The van der Waals surface area contributed by atoms with Crippen LogP contribution in [0.5, 0.6) is 0 Å². The first-order valence-corrected chi connectivity index (χ1v) is 7.08. The van der Waals surface area contributed by atoms with Crippen LogP contribution in [0, 0.1) is 13.8 Å². The second kappa shape index (κ2) is 4.63. The predicted molar refractivity (Wildman–Crippen MR) is 75.7 cm³/mol. The fourth-order valence-electron chi connectivity index (χ4n) is 2.21. The number of hydrogen-bond donors (Lipinski definition) is 0. The van der Waals surface area contributed by atoms with E-state index in [4.69, 9.17) is 0 Å². The minimum Gasteiger partial charge on any atom is -0.290 e. The Hall–Kier alpha value is -1.94. The zero-order valence-corrected chi connectivity index (χ0v) is 11.8. The molecule has 19 heavy (non-hydrogen) atoms. The van der Waals surface area contributed by atoms with Crippen molar-refractivity contribution < 1.29 is 9.36 Å². The molecule has 0 unspecified atom stereocenters. The maximum absolute atomic E-state index is 12.3. The SMILES string of the molecule is Cc1csc2n1cc(C)[n+]2CC(=O)c1ccccc1. The van der Waals surface area contributed by atoms with Crippen LogP contribution < -0.4 is 4.57 Å². The fourth-order valence-corrected chi connectivity index (χ4v) is 3.25. The molecule has 0 atom stereocenters. The Labute approximate surface area is 115 Å². The number of imidazole rings is 1. The van der Waals surface area contributed by atoms with E-state index in [1.54, 1.807) is 11.3 Å². The molecule has 3 nitrogen and oxygen atoms in total. The van der Waals surface area contributed by atoms with Crippen LogP contribution >= 0.6 is 11.3 Å². The van der Waals surface area contributed by atoms with Gasteiger partial charge in [0.05, 0.1) is 0 Å². The number of hydrogen-bond acceptors (Lipinski definition) is 2. The summed E-state index contributed by atoms with van der Waals surface area (Å²) in [5.41, 5.74) is 3.08. The molecule has 0 aliphatic rings. The van der Waals surface area contributed by atoms with Crippen molar-refractivity contribution in [3.63, 3.8) is 0 Å². The average Bonchev–Trinajstić information content (AvgIpc) is 2.92. The third-order valence-corrected chi connectivity index (χ3v) is 4.38. The van der Waals surface area contributed by atoms with Crippen LogP contribution in [0.25, 0.3) is 4.96 Å². The van der Waals surface area contributed by atoms with E-state index in [1.165, 1.54) is 5.69 Å². The Balaban J connectivity index is 1.98. The lowest BCUT2D eigenvalue weighted by atomic mass is 10.1. The Morgan fingerprint density at radius 2 is 2.00 bits per heavy atom. The first-order chi connectivity index (χ1) is 9.16. The minimum atomic E-state index is 0.146. The summed E-state index contributed by atoms with van der Waals surface area (Å²) < 4.78 is 4.21. The number of ketones is 1. The van der Waals surface area contributed by atoms with Gasteiger partial charge in [0.2, 0.25) is 5.78 Å². The minimum absolute atomic E-state index is 0.146. The summed E-state index contributed by atoms with van der Waals surface area (Å²) in [7, 11) is 0. The summed E-state index contributed by atoms with van der Waals surface area (Å²) in [6, 6.07) is 9.45. The Bertz CT molecular complexity index is 740. The van der Waals surface area contributed by atoms with E-state index in [-0.39, 0.29) is 5.78 Å². The third kappa shape index (κ3) is 2.08. The van der Waals surface area contributed by atoms with E-state index < -0.39 is 0 Å². The van der Waals surface area contributed by atoms with Crippen molar-refractivity contribution in [3.8, 4) is 0 Å². The number of carbonyl (C=O) groups excluding carboxylic acids is 1. The van der Waals surface area contributed by atoms with Crippen molar-refractivity contribution in [1.82, 2.24) is 4.40 Å². The smallest absolute Gasteiger partial charge is 0.290 e. The normalized spacial score (nSPS) is 11.1. The van der Waals surface area contributed by atoms with Gasteiger partial charge in [0.1, 0.15) is 17.6 Å². The fraction of sp³-hybridized carbons (Fsp3) is 0.200. The molecule has 0 bridgehead atoms. The standard InChI is InChI=1S/C15H15N2OS/c1-11-8-16-12(2)10-19-15(16)17(11)9-14(18)13-6-4-3-5-7-13/h3-8,10H,9H2,1-2H3/q+1. The van der Waals surface area contributed by atoms with Crippen molar-refractivity contribution in [2.45, 2.75) is 20.4 Å². The van der Waals surface area contributed by atoms with Gasteiger partial charge in [0, 0.05) is 17.9 Å². The van der Waals surface area contributed by atoms with Crippen molar-refractivity contribution in [3.05, 3.63) is 58.9 Å². The molecule has 0 aliphatic carbocycles. The highest BCUT2D eigenvalue weighted by Gasteiger charge is 2.20. The lowest BCUT2D eigenvalue weighted by molar-refractivity contribution is -0.660. The highest BCUT2D eigenvalue weighted by atomic mass is 32.1. The lowest BCUT2D eigenvalue weighted by Gasteiger charge is -1.99. The number of benzene rings is 1. The van der Waals surface area contributed by atoms with Gasteiger partial charge in [0.25, 0.3) is 0 Å². The van der Waals surface area contributed by atoms with Gasteiger partial charge < -0.3 is 0 Å². The van der Waals surface area contributed by atoms with Crippen LogP contribution in [0.1, 0.15) is 21.7 Å². The zero-order valence-electron chi connectivity index (χ0n) is 11.0. The molecular formula is C15H15N2OS+. The number of carbonyl (C=O) groups is 1. The second-order valence-corrected chi connectivity index (χ2v) is 5.51. The molecule has 0 amide bonds. The van der Waals surface area contributed by atoms with Gasteiger partial charge >= 0.3 is 4.96 Å². The molecule has 3 rings (SSSR count). The van der Waals surface area contributed by atoms with Crippen molar-refractivity contribution in [2.75, 3.05) is 0 Å². The number of fused-ring (bicyclic) bond motifs is 1. The molecule has 96 valence electrons. The van der Waals surface area contributed by atoms with Crippen molar-refractivity contribution in [2.24, 2.45) is 0 Å². The molecule has 1 aromatic carbocycles. The number of Topliss-reactive ketones (excluding diaryl/α,β-unsaturated/α-hetero) is 1. The number of thiazole rings is 1. The highest BCUT2D eigenvalue weighted by molar-refractivity contribution is 7.14. The summed E-state index contributed by atoms with van der Waals surface area (Å²) in [6.07, 6.45) is 2.08. The summed E-state index contributed by atoms with van der Waals surface area (Å²) in [6.45, 7) is 4.51. The number of rotatable bonds is 3. The van der Waals surface area contributed by atoms with E-state index >= 15 is 0 Å². The van der Waals surface area contributed by atoms with E-state index in [1.807, 2.05) is 37.3 Å². The van der Waals surface area contributed by atoms with Crippen molar-refractivity contribution in [1.29, 1.82) is 0 Å². The van der Waals surface area contributed by atoms with Crippen LogP contribution in [0.2, 0.25) is 0 Å². The van der Waals surface area contributed by atoms with Gasteiger partial charge in [-0.3, -0.25) is 4.79 Å². The summed E-state index contributed by atoms with van der Waals surface area (Å²) >= 11 is 1.67. The summed E-state index contributed by atoms with van der Waals surface area (Å²) in [4.78, 5) is 13.4. The molecule has 2 heterocycles. The predicted octanol–water partition coefficient (Wildman–Crippen LogP) is 2.79. The number of nitrogens with zero attached hydrogens (tertiary/aromatic N) is 2. The second-order valence-electron chi connectivity index (χ2n) is 4.68. The highest BCUT2D eigenvalue weighted by Crippen LogP contribution is 2.14. The number of aryl methyl sites for hydroxylation is 2. The topological polar surface area (TPSA) is 25.4 Å². The molecular weight excluding hydrogens is 256 g/mol. The zero-order chi connectivity index (χ0) is 13.4. The van der Waals surface area contributed by atoms with Gasteiger partial charge in [-0.2, -0.15) is 4.40 Å². The van der Waals surface area contributed by atoms with Crippen molar-refractivity contribution >= 4 is 22.1 Å². The average molecular weight is 271 g/mol. The van der Waals surface area contributed by atoms with Gasteiger partial charge in [-0.05, 0) is 6.92 Å². The Kier molecular flexibility index (Phi) is 2.95. The Morgan fingerprint density at radius 1 is 1.26 bits per heavy atom. The molecule has 0 radical (unpaired) electrons. The molecule has 0 N–H and O–H groups in total. The van der Waals surface area contributed by atoms with Crippen LogP contribution in [-0.4, -0.2) is 10.2 Å². The molecule has 2 aromatic heterocycles. The third-order valence-electron chi connectivity index (χ3n) is 3.29. The van der Waals surface area contributed by atoms with E-state index in [9.17, 15) is 4.79 Å². The lowest BCUT2D eigenvalue weighted by Crippen LogP contribution is -2.39. The van der Waals surface area contributed by atoms with E-state index in [0.29, 0.717) is 6.54 Å². The van der Waals surface area contributed by atoms with E-state index in [2.05, 4.69) is 27.5 Å². The molecule has 3 aromatic rings. The van der Waals surface area contributed by atoms with Crippen LogP contribution in [0.15, 0.2) is 41.9 Å².